The summed E-state index contributed by atoms with van der Waals surface area (Å²) < 4.78 is 53.2. The fourth-order valence-corrected chi connectivity index (χ4v) is 0.989. The van der Waals surface area contributed by atoms with Gasteiger partial charge in [0.25, 0.3) is 0 Å². The number of hydrogen-bond donors (Lipinski definition) is 1. The Labute approximate surface area is 95.6 Å². The highest BCUT2D eigenvalue weighted by Crippen LogP contribution is 2.24. The average molecular weight is 252 g/mol. The van der Waals surface area contributed by atoms with E-state index in [1.54, 1.807) is 6.92 Å². The quantitative estimate of drug-likeness (QED) is 0.818. The Morgan fingerprint density at radius 3 is 2.47 bits per heavy atom. The van der Waals surface area contributed by atoms with Crippen molar-refractivity contribution in [2.24, 2.45) is 5.73 Å². The van der Waals surface area contributed by atoms with E-state index < -0.39 is 19.0 Å². The molecule has 7 heteroatoms. The maximum Gasteiger partial charge on any atom is 0.340 e. The summed E-state index contributed by atoms with van der Waals surface area (Å²) in [6, 6.07) is 2.54. The molecule has 0 aromatic carbocycles. The number of nitrogens with zero attached hydrogens (tertiary/aromatic N) is 1. The number of pyridine rings is 1. The number of nitrogens with two attached hydrogens (primary N) is 1. The standard InChI is InChI=1S/C10H12F4N2O/c1-6(15)8-3-2-7(4-16-8)17-5-10(13,14)9(11)12/h2-4,6,9H,5,15H2,1H3/t6-/m1/s1. The molecule has 0 aliphatic carbocycles. The predicted octanol–water partition coefficient (Wildman–Crippen LogP) is 2.38. The molecule has 1 atom stereocenters. The van der Waals surface area contributed by atoms with E-state index in [0.29, 0.717) is 5.69 Å². The highest BCUT2D eigenvalue weighted by atomic mass is 19.3. The molecule has 0 aliphatic heterocycles. The second-order valence-electron chi connectivity index (χ2n) is 3.56. The molecule has 0 fully saturated rings. The summed E-state index contributed by atoms with van der Waals surface area (Å²) in [6.07, 6.45) is -2.58. The van der Waals surface area contributed by atoms with E-state index in [2.05, 4.69) is 9.72 Å². The van der Waals surface area contributed by atoms with Crippen LogP contribution in [0.4, 0.5) is 17.6 Å². The second kappa shape index (κ2) is 5.31. The van der Waals surface area contributed by atoms with Gasteiger partial charge in [-0.3, -0.25) is 4.98 Å². The molecule has 0 unspecified atom stereocenters. The Balaban J connectivity index is 2.59. The minimum Gasteiger partial charge on any atom is -0.485 e. The lowest BCUT2D eigenvalue weighted by molar-refractivity contribution is -0.148. The van der Waals surface area contributed by atoms with Gasteiger partial charge in [0.05, 0.1) is 11.9 Å². The maximum absolute atomic E-state index is 12.5. The molecule has 96 valence electrons. The average Bonchev–Trinajstić information content (AvgIpc) is 2.27. The van der Waals surface area contributed by atoms with Crippen LogP contribution in [0.3, 0.4) is 0 Å². The Hall–Kier alpha value is -1.37. The first-order chi connectivity index (χ1) is 7.83. The molecular weight excluding hydrogens is 240 g/mol. The van der Waals surface area contributed by atoms with Crippen LogP contribution in [0.15, 0.2) is 18.3 Å². The molecule has 17 heavy (non-hydrogen) atoms. The number of hydrogen-bond acceptors (Lipinski definition) is 3. The van der Waals surface area contributed by atoms with Gasteiger partial charge in [-0.2, -0.15) is 8.78 Å². The lowest BCUT2D eigenvalue weighted by atomic mass is 10.2. The van der Waals surface area contributed by atoms with E-state index in [1.807, 2.05) is 0 Å². The Morgan fingerprint density at radius 2 is 2.06 bits per heavy atom. The Morgan fingerprint density at radius 1 is 1.41 bits per heavy atom. The molecule has 0 radical (unpaired) electrons. The topological polar surface area (TPSA) is 48.1 Å². The number of halogens is 4. The second-order valence-corrected chi connectivity index (χ2v) is 3.56. The minimum absolute atomic E-state index is 0.00488. The lowest BCUT2D eigenvalue weighted by Gasteiger charge is -2.16. The summed E-state index contributed by atoms with van der Waals surface area (Å²) in [5, 5.41) is 0. The Kier molecular flexibility index (Phi) is 4.28. The van der Waals surface area contributed by atoms with Crippen molar-refractivity contribution in [3.63, 3.8) is 0 Å². The van der Waals surface area contributed by atoms with Crippen molar-refractivity contribution in [2.45, 2.75) is 25.3 Å². The van der Waals surface area contributed by atoms with Crippen LogP contribution < -0.4 is 10.5 Å². The van der Waals surface area contributed by atoms with Crippen molar-refractivity contribution in [3.8, 4) is 5.75 Å². The number of rotatable bonds is 5. The van der Waals surface area contributed by atoms with Gasteiger partial charge in [-0.1, -0.05) is 0 Å². The number of alkyl halides is 4. The summed E-state index contributed by atoms with van der Waals surface area (Å²) in [5.74, 6) is -4.17. The van der Waals surface area contributed by atoms with E-state index in [9.17, 15) is 17.6 Å². The third kappa shape index (κ3) is 3.85. The third-order valence-corrected chi connectivity index (χ3v) is 1.98. The van der Waals surface area contributed by atoms with Gasteiger partial charge in [0, 0.05) is 6.04 Å². The summed E-state index contributed by atoms with van der Waals surface area (Å²) in [4.78, 5) is 3.84. The van der Waals surface area contributed by atoms with Crippen LogP contribution >= 0.6 is 0 Å². The van der Waals surface area contributed by atoms with Gasteiger partial charge in [0.2, 0.25) is 0 Å². The molecule has 0 spiro atoms. The third-order valence-electron chi connectivity index (χ3n) is 1.98. The largest absolute Gasteiger partial charge is 0.485 e. The zero-order valence-corrected chi connectivity index (χ0v) is 9.04. The predicted molar refractivity (Wildman–Crippen MR) is 53.3 cm³/mol. The zero-order valence-electron chi connectivity index (χ0n) is 9.04. The fraction of sp³-hybridized carbons (Fsp3) is 0.500. The smallest absolute Gasteiger partial charge is 0.340 e. The van der Waals surface area contributed by atoms with Gasteiger partial charge in [0.1, 0.15) is 5.75 Å². The molecule has 2 N–H and O–H groups in total. The molecule has 3 nitrogen and oxygen atoms in total. The molecule has 0 amide bonds. The molecule has 0 saturated carbocycles. The fourth-order valence-electron chi connectivity index (χ4n) is 0.989. The van der Waals surface area contributed by atoms with Crippen molar-refractivity contribution >= 4 is 0 Å². The minimum atomic E-state index is -4.17. The van der Waals surface area contributed by atoms with Crippen LogP contribution in [0, 0.1) is 0 Å². The number of aromatic nitrogens is 1. The van der Waals surface area contributed by atoms with Crippen molar-refractivity contribution in [2.75, 3.05) is 6.61 Å². The van der Waals surface area contributed by atoms with Crippen LogP contribution in [0.25, 0.3) is 0 Å². The normalized spacial score (nSPS) is 13.8. The first-order valence-corrected chi connectivity index (χ1v) is 4.83. The molecule has 0 bridgehead atoms. The van der Waals surface area contributed by atoms with Gasteiger partial charge in [-0.05, 0) is 19.1 Å². The highest BCUT2D eigenvalue weighted by Gasteiger charge is 2.41. The van der Waals surface area contributed by atoms with Gasteiger partial charge < -0.3 is 10.5 Å². The van der Waals surface area contributed by atoms with E-state index >= 15 is 0 Å². The molecule has 1 aromatic rings. The maximum atomic E-state index is 12.5. The van der Waals surface area contributed by atoms with Gasteiger partial charge in [-0.25, -0.2) is 8.78 Å². The Bertz CT molecular complexity index is 354. The first-order valence-electron chi connectivity index (χ1n) is 4.83. The lowest BCUT2D eigenvalue weighted by Crippen LogP contribution is -2.33. The van der Waals surface area contributed by atoms with Crippen molar-refractivity contribution in [1.29, 1.82) is 0 Å². The molecule has 1 rings (SSSR count). The van der Waals surface area contributed by atoms with Gasteiger partial charge in [0.15, 0.2) is 6.61 Å². The van der Waals surface area contributed by atoms with Crippen LogP contribution in [-0.2, 0) is 0 Å². The van der Waals surface area contributed by atoms with Crippen LogP contribution in [0.1, 0.15) is 18.7 Å². The van der Waals surface area contributed by atoms with Crippen LogP contribution in [0.5, 0.6) is 5.75 Å². The summed E-state index contributed by atoms with van der Waals surface area (Å²) >= 11 is 0. The van der Waals surface area contributed by atoms with E-state index in [0.717, 1.165) is 0 Å². The zero-order chi connectivity index (χ0) is 13.1. The SMILES string of the molecule is C[C@@H](N)c1ccc(OCC(F)(F)C(F)F)cn1. The van der Waals surface area contributed by atoms with E-state index in [4.69, 9.17) is 5.73 Å². The van der Waals surface area contributed by atoms with Gasteiger partial charge >= 0.3 is 12.3 Å². The summed E-state index contributed by atoms with van der Waals surface area (Å²) in [5.41, 5.74) is 6.08. The first kappa shape index (κ1) is 13.7. The molecular formula is C10H12F4N2O. The molecule has 0 saturated heterocycles. The summed E-state index contributed by atoms with van der Waals surface area (Å²) in [6.45, 7) is 0.317. The molecule has 1 aromatic heterocycles. The van der Waals surface area contributed by atoms with Crippen molar-refractivity contribution < 1.29 is 22.3 Å². The van der Waals surface area contributed by atoms with Crippen molar-refractivity contribution in [3.05, 3.63) is 24.0 Å². The van der Waals surface area contributed by atoms with Gasteiger partial charge in [-0.15, -0.1) is 0 Å². The van der Waals surface area contributed by atoms with Crippen molar-refractivity contribution in [1.82, 2.24) is 4.98 Å². The van der Waals surface area contributed by atoms with E-state index in [1.165, 1.54) is 18.3 Å². The molecule has 0 aliphatic rings. The highest BCUT2D eigenvalue weighted by molar-refractivity contribution is 5.21. The summed E-state index contributed by atoms with van der Waals surface area (Å²) in [7, 11) is 0. The monoisotopic (exact) mass is 252 g/mol. The van der Waals surface area contributed by atoms with Crippen LogP contribution in [0.2, 0.25) is 0 Å². The number of ether oxygens (including phenoxy) is 1. The molecule has 1 heterocycles. The van der Waals surface area contributed by atoms with Crippen LogP contribution in [-0.4, -0.2) is 23.9 Å². The van der Waals surface area contributed by atoms with E-state index in [-0.39, 0.29) is 11.8 Å².